The first-order valence-electron chi connectivity index (χ1n) is 10.5. The van der Waals surface area contributed by atoms with Crippen LogP contribution in [0.25, 0.3) is 16.7 Å². The van der Waals surface area contributed by atoms with Crippen molar-refractivity contribution < 1.29 is 4.39 Å². The van der Waals surface area contributed by atoms with E-state index in [-0.39, 0.29) is 16.9 Å². The van der Waals surface area contributed by atoms with Crippen LogP contribution in [0.3, 0.4) is 0 Å². The average Bonchev–Trinajstić information content (AvgIpc) is 3.14. The summed E-state index contributed by atoms with van der Waals surface area (Å²) in [6.45, 7) is 4.43. The number of hydrogen-bond acceptors (Lipinski definition) is 5. The standard InChI is InChI=1S/C23H22ClFN6O/c1-14-17-10-20(30-8-7-26-11-16(30)9-15-5-3-2-4-6-15)27-13-19(17)31(29-14)23-21(25)22(32)18(24)12-28-23/h2-6,10,12-13,16,26H,7-9,11H2,1H3,(H,28,32)/t16-/m1/s1. The Morgan fingerprint density at radius 3 is 2.91 bits per heavy atom. The molecule has 4 heterocycles. The lowest BCUT2D eigenvalue weighted by Crippen LogP contribution is -2.52. The van der Waals surface area contributed by atoms with Crippen LogP contribution in [-0.4, -0.2) is 45.4 Å². The molecule has 32 heavy (non-hydrogen) atoms. The van der Waals surface area contributed by atoms with E-state index in [0.29, 0.717) is 11.2 Å². The molecule has 2 N–H and O–H groups in total. The summed E-state index contributed by atoms with van der Waals surface area (Å²) in [5.74, 6) is -0.181. The minimum Gasteiger partial charge on any atom is -0.351 e. The van der Waals surface area contributed by atoms with Gasteiger partial charge in [0.2, 0.25) is 11.2 Å². The van der Waals surface area contributed by atoms with E-state index in [2.05, 4.69) is 49.5 Å². The van der Waals surface area contributed by atoms with E-state index in [0.717, 1.165) is 37.3 Å². The molecule has 1 aliphatic heterocycles. The molecule has 0 spiro atoms. The second-order valence-electron chi connectivity index (χ2n) is 7.93. The van der Waals surface area contributed by atoms with Crippen molar-refractivity contribution >= 4 is 28.3 Å². The zero-order valence-electron chi connectivity index (χ0n) is 17.5. The number of nitrogens with zero attached hydrogens (tertiary/aromatic N) is 4. The smallest absolute Gasteiger partial charge is 0.238 e. The molecule has 9 heteroatoms. The molecular weight excluding hydrogens is 431 g/mol. The molecule has 0 unspecified atom stereocenters. The van der Waals surface area contributed by atoms with Gasteiger partial charge in [0.05, 0.1) is 17.4 Å². The van der Waals surface area contributed by atoms with Gasteiger partial charge in [-0.05, 0) is 25.0 Å². The van der Waals surface area contributed by atoms with E-state index in [1.165, 1.54) is 16.4 Å². The molecule has 0 saturated carbocycles. The van der Waals surface area contributed by atoms with E-state index in [9.17, 15) is 9.18 Å². The number of H-pyrrole nitrogens is 1. The summed E-state index contributed by atoms with van der Waals surface area (Å²) in [4.78, 5) is 21.7. The van der Waals surface area contributed by atoms with Crippen molar-refractivity contribution in [1.82, 2.24) is 25.1 Å². The van der Waals surface area contributed by atoms with Gasteiger partial charge in [0.25, 0.3) is 0 Å². The summed E-state index contributed by atoms with van der Waals surface area (Å²) >= 11 is 5.74. The molecule has 3 aromatic heterocycles. The predicted molar refractivity (Wildman–Crippen MR) is 123 cm³/mol. The van der Waals surface area contributed by atoms with E-state index in [4.69, 9.17) is 11.6 Å². The number of fused-ring (bicyclic) bond motifs is 1. The number of hydrogen-bond donors (Lipinski definition) is 2. The maximum Gasteiger partial charge on any atom is 0.238 e. The first kappa shape index (κ1) is 20.7. The quantitative estimate of drug-likeness (QED) is 0.497. The molecule has 7 nitrogen and oxygen atoms in total. The van der Waals surface area contributed by atoms with Gasteiger partial charge in [-0.2, -0.15) is 9.49 Å². The third-order valence-corrected chi connectivity index (χ3v) is 6.15. The molecule has 164 valence electrons. The number of piperazine rings is 1. The third kappa shape index (κ3) is 3.65. The summed E-state index contributed by atoms with van der Waals surface area (Å²) in [5.41, 5.74) is 1.74. The van der Waals surface area contributed by atoms with Crippen LogP contribution < -0.4 is 15.6 Å². The highest BCUT2D eigenvalue weighted by Gasteiger charge is 2.25. The zero-order valence-corrected chi connectivity index (χ0v) is 18.2. The zero-order chi connectivity index (χ0) is 22.2. The van der Waals surface area contributed by atoms with Gasteiger partial charge in [0.15, 0.2) is 5.82 Å². The van der Waals surface area contributed by atoms with Gasteiger partial charge in [-0.1, -0.05) is 41.9 Å². The molecule has 1 fully saturated rings. The number of aromatic amines is 1. The van der Waals surface area contributed by atoms with Crippen LogP contribution in [0.5, 0.6) is 0 Å². The van der Waals surface area contributed by atoms with Crippen molar-refractivity contribution in [3.05, 3.63) is 81.1 Å². The summed E-state index contributed by atoms with van der Waals surface area (Å²) in [6, 6.07) is 12.7. The minimum atomic E-state index is -0.976. The largest absolute Gasteiger partial charge is 0.351 e. The number of nitrogens with one attached hydrogen (secondary N) is 2. The second-order valence-corrected chi connectivity index (χ2v) is 8.33. The Kier molecular flexibility index (Phi) is 5.40. The molecule has 1 saturated heterocycles. The summed E-state index contributed by atoms with van der Waals surface area (Å²) in [5, 5.41) is 8.57. The van der Waals surface area contributed by atoms with Crippen LogP contribution in [0.2, 0.25) is 5.02 Å². The Morgan fingerprint density at radius 1 is 1.28 bits per heavy atom. The van der Waals surface area contributed by atoms with Crippen LogP contribution in [0, 0.1) is 12.7 Å². The lowest BCUT2D eigenvalue weighted by atomic mass is 10.0. The van der Waals surface area contributed by atoms with E-state index in [1.54, 1.807) is 6.20 Å². The summed E-state index contributed by atoms with van der Waals surface area (Å²) < 4.78 is 16.0. The fourth-order valence-corrected chi connectivity index (χ4v) is 4.38. The predicted octanol–water partition coefficient (Wildman–Crippen LogP) is 3.23. The number of aromatic nitrogens is 4. The molecule has 1 aromatic carbocycles. The highest BCUT2D eigenvalue weighted by Crippen LogP contribution is 2.27. The maximum absolute atomic E-state index is 14.6. The van der Waals surface area contributed by atoms with Crippen molar-refractivity contribution in [2.45, 2.75) is 19.4 Å². The van der Waals surface area contributed by atoms with E-state index < -0.39 is 11.2 Å². The van der Waals surface area contributed by atoms with Gasteiger partial charge in [0, 0.05) is 37.3 Å². The van der Waals surface area contributed by atoms with Gasteiger partial charge in [-0.3, -0.25) is 4.79 Å². The topological polar surface area (TPSA) is 78.8 Å². The Morgan fingerprint density at radius 2 is 2.09 bits per heavy atom. The highest BCUT2D eigenvalue weighted by molar-refractivity contribution is 6.30. The van der Waals surface area contributed by atoms with Gasteiger partial charge in [0.1, 0.15) is 10.8 Å². The fraction of sp³-hybridized carbons (Fsp3) is 0.261. The van der Waals surface area contributed by atoms with Crippen LogP contribution in [-0.2, 0) is 6.42 Å². The summed E-state index contributed by atoms with van der Waals surface area (Å²) in [7, 11) is 0. The number of halogens is 2. The molecule has 0 radical (unpaired) electrons. The van der Waals surface area contributed by atoms with Gasteiger partial charge < -0.3 is 15.2 Å². The Hall–Kier alpha value is -3.23. The molecule has 1 aliphatic rings. The first-order chi connectivity index (χ1) is 15.5. The van der Waals surface area contributed by atoms with E-state index >= 15 is 0 Å². The molecule has 0 amide bonds. The van der Waals surface area contributed by atoms with Crippen molar-refractivity contribution in [3.8, 4) is 5.82 Å². The van der Waals surface area contributed by atoms with Crippen molar-refractivity contribution in [2.24, 2.45) is 0 Å². The molecule has 1 atom stereocenters. The number of rotatable bonds is 4. The third-order valence-electron chi connectivity index (χ3n) is 5.87. The second kappa shape index (κ2) is 8.37. The lowest BCUT2D eigenvalue weighted by Gasteiger charge is -2.37. The number of pyridine rings is 2. The summed E-state index contributed by atoms with van der Waals surface area (Å²) in [6.07, 6.45) is 3.85. The highest BCUT2D eigenvalue weighted by atomic mass is 35.5. The van der Waals surface area contributed by atoms with Gasteiger partial charge in [-0.15, -0.1) is 0 Å². The van der Waals surface area contributed by atoms with Gasteiger partial charge >= 0.3 is 0 Å². The van der Waals surface area contributed by atoms with Crippen LogP contribution in [0.15, 0.2) is 53.6 Å². The number of aryl methyl sites for hydroxylation is 1. The normalized spacial score (nSPS) is 16.6. The molecule has 4 aromatic rings. The van der Waals surface area contributed by atoms with Crippen LogP contribution >= 0.6 is 11.6 Å². The fourth-order valence-electron chi connectivity index (χ4n) is 4.24. The lowest BCUT2D eigenvalue weighted by molar-refractivity contribution is 0.470. The van der Waals surface area contributed by atoms with E-state index in [1.807, 2.05) is 19.1 Å². The number of benzene rings is 1. The van der Waals surface area contributed by atoms with Crippen molar-refractivity contribution in [1.29, 1.82) is 0 Å². The van der Waals surface area contributed by atoms with Crippen molar-refractivity contribution in [2.75, 3.05) is 24.5 Å². The SMILES string of the molecule is Cc1nn(-c2[nH]cc(Cl)c(=O)c2F)c2cnc(N3CCNC[C@H]3Cc3ccccc3)cc12. The maximum atomic E-state index is 14.6. The van der Waals surface area contributed by atoms with Crippen LogP contribution in [0.1, 0.15) is 11.3 Å². The van der Waals surface area contributed by atoms with Gasteiger partial charge in [-0.25, -0.2) is 9.67 Å². The number of anilines is 1. The Bertz CT molecular complexity index is 1340. The molecule has 5 rings (SSSR count). The Labute approximate surface area is 188 Å². The van der Waals surface area contributed by atoms with Crippen LogP contribution in [0.4, 0.5) is 10.2 Å². The first-order valence-corrected chi connectivity index (χ1v) is 10.8. The average molecular weight is 453 g/mol. The Balaban J connectivity index is 1.53. The monoisotopic (exact) mass is 452 g/mol. The van der Waals surface area contributed by atoms with Crippen molar-refractivity contribution in [3.63, 3.8) is 0 Å². The molecular formula is C23H22ClFN6O. The minimum absolute atomic E-state index is 0.0591. The molecule has 0 aliphatic carbocycles. The molecule has 0 bridgehead atoms.